The van der Waals surface area contributed by atoms with Crippen LogP contribution in [0.15, 0.2) is 226 Å². The number of hydrogen-bond acceptors (Lipinski definition) is 24. The number of benzene rings is 5. The van der Waals surface area contributed by atoms with Crippen LogP contribution in [0.5, 0.6) is 23.0 Å². The van der Waals surface area contributed by atoms with E-state index in [0.29, 0.717) is 115 Å². The van der Waals surface area contributed by atoms with E-state index >= 15 is 0 Å². The first-order valence-electron chi connectivity index (χ1n) is 45.5. The second-order valence-electron chi connectivity index (χ2n) is 33.5. The summed E-state index contributed by atoms with van der Waals surface area (Å²) in [6.45, 7) is 23.0. The molecule has 5 aromatic carbocycles. The van der Waals surface area contributed by atoms with Crippen LogP contribution in [0.2, 0.25) is 0 Å². The van der Waals surface area contributed by atoms with Crippen LogP contribution in [0.3, 0.4) is 0 Å². The Morgan fingerprint density at radius 3 is 1.02 bits per heavy atom. The summed E-state index contributed by atoms with van der Waals surface area (Å²) in [7, 11) is 4.85. The van der Waals surface area contributed by atoms with Crippen LogP contribution < -0.4 is 43.4 Å². The average molecular weight is 1830 g/mol. The van der Waals surface area contributed by atoms with Crippen molar-refractivity contribution in [3.8, 4) is 23.0 Å². The topological polar surface area (TPSA) is 306 Å². The van der Waals surface area contributed by atoms with E-state index in [0.717, 1.165) is 180 Å². The molecule has 10 aromatic heterocycles. The Morgan fingerprint density at radius 1 is 0.333 bits per heavy atom. The van der Waals surface area contributed by atoms with E-state index in [1.165, 1.54) is 5.56 Å². The number of carbonyl (C=O) groups excluding carboxylic acids is 5. The van der Waals surface area contributed by atoms with E-state index in [1.54, 1.807) is 92.1 Å². The lowest BCUT2D eigenvalue weighted by atomic mass is 10.0. The predicted molar refractivity (Wildman–Crippen MR) is 509 cm³/mol. The van der Waals surface area contributed by atoms with E-state index in [2.05, 4.69) is 113 Å². The molecule has 0 atom stereocenters. The predicted octanol–water partition coefficient (Wildman–Crippen LogP) is 10.2. The van der Waals surface area contributed by atoms with Gasteiger partial charge in [0.05, 0.1) is 60.0 Å². The SMILES string of the molecule is CC(C)c1ccc(CC(=O)N2CCN(c3ccc4nccn4n3)CC2)cc1.CCOc1ccccc1CC(=O)N1CCN(c2ccc3nccn3n2)CC1.COc1cc(CC(=O)N2CCN(c3ccc4nccn4n3)CC2)cc(OC)c1.COc1ccc(C)cc1CC(=O)N1CCN(c2ccc3nccn3n2)CC1.O=C(Cc1cc(F)ccc1F)N1CCN(c2ccc3nccn3n2)CC1. The van der Waals surface area contributed by atoms with E-state index in [4.69, 9.17) is 18.9 Å². The normalized spacial score (nSPS) is 14.7. The average Bonchev–Trinajstić information content (AvgIpc) is 1.66. The molecule has 5 fully saturated rings. The zero-order valence-corrected chi connectivity index (χ0v) is 76.9. The van der Waals surface area contributed by atoms with Crippen molar-refractivity contribution in [1.82, 2.24) is 97.5 Å². The maximum atomic E-state index is 13.7. The number of rotatable bonds is 21. The second-order valence-corrected chi connectivity index (χ2v) is 33.5. The smallest absolute Gasteiger partial charge is 0.227 e. The van der Waals surface area contributed by atoms with Gasteiger partial charge in [0.2, 0.25) is 29.5 Å². The van der Waals surface area contributed by atoms with Crippen molar-refractivity contribution in [2.75, 3.05) is 183 Å². The van der Waals surface area contributed by atoms with Crippen molar-refractivity contribution in [1.29, 1.82) is 0 Å². The van der Waals surface area contributed by atoms with Gasteiger partial charge in [0.25, 0.3) is 0 Å². The fraction of sp³-hybridized carbons (Fsp3) is 0.343. The highest BCUT2D eigenvalue weighted by molar-refractivity contribution is 5.82. The number of hydrogen-bond donors (Lipinski definition) is 0. The number of ether oxygens (including phenoxy) is 4. The van der Waals surface area contributed by atoms with Crippen LogP contribution in [-0.4, -0.2) is 286 Å². The number of anilines is 5. The maximum Gasteiger partial charge on any atom is 0.227 e. The number of aromatic nitrogens is 15. The van der Waals surface area contributed by atoms with Crippen molar-refractivity contribution < 1.29 is 51.7 Å². The minimum Gasteiger partial charge on any atom is -0.497 e. The molecule has 20 rings (SSSR count). The Kier molecular flexibility index (Phi) is 30.1. The second kappa shape index (κ2) is 43.8. The number of aryl methyl sites for hydroxylation is 1. The van der Waals surface area contributed by atoms with E-state index < -0.39 is 11.6 Å². The van der Waals surface area contributed by atoms with Crippen LogP contribution in [0, 0.1) is 18.6 Å². The summed E-state index contributed by atoms with van der Waals surface area (Å²) in [6, 6.07) is 50.4. The molecular weight excluding hydrogens is 1720 g/mol. The van der Waals surface area contributed by atoms with E-state index in [9.17, 15) is 32.8 Å². The van der Waals surface area contributed by atoms with Crippen molar-refractivity contribution in [3.05, 3.63) is 276 Å². The fourth-order valence-electron chi connectivity index (χ4n) is 16.8. The number of piperazine rings is 5. The van der Waals surface area contributed by atoms with Gasteiger partial charge < -0.3 is 67.9 Å². The summed E-state index contributed by atoms with van der Waals surface area (Å²) in [5, 5.41) is 22.9. The van der Waals surface area contributed by atoms with E-state index in [-0.39, 0.29) is 41.5 Å². The van der Waals surface area contributed by atoms with Gasteiger partial charge in [-0.05, 0) is 140 Å². The fourth-order valence-corrected chi connectivity index (χ4v) is 16.8. The summed E-state index contributed by atoms with van der Waals surface area (Å²) in [5.74, 6) is 7.19. The lowest BCUT2D eigenvalue weighted by molar-refractivity contribution is -0.131. The maximum absolute atomic E-state index is 13.7. The van der Waals surface area contributed by atoms with Gasteiger partial charge in [0, 0.05) is 216 Å². The Labute approximate surface area is 780 Å². The standard InChI is InChI=1S/C21H25N5O.C20H23N5O3.2C20H23N5O2.C18H17F2N5O/c1-16(2)18-5-3-17(4-6-18)15-21(27)25-13-11-24(12-14-25)20-8-7-19-22-9-10-26(19)23-20;1-27-16-11-15(12-17(14-16)28-2)13-20(26)24-9-7-23(8-10-24)19-4-3-18-21-5-6-25(18)22-19;1-15-3-4-17(27-2)16(13-15)14-20(26)24-11-9-23(10-12-24)19-6-5-18-21-7-8-25(18)22-19;1-2-27-17-6-4-3-5-16(17)15-20(26)24-13-11-23(12-14-24)19-8-7-18-21-9-10-25(18)22-19;19-14-1-2-15(20)13(11-14)12-18(26)24-9-7-23(8-10-24)17-4-3-16-21-5-6-25(16)22-17/h3-10,16H,11-15H2,1-2H3;3-6,11-12,14H,7-10,13H2,1-2H3;3-8,13H,9-12,14H2,1-2H3;3-10H,2,11-15H2,1H3;1-6,11H,7-10,12H2. The summed E-state index contributed by atoms with van der Waals surface area (Å²) in [6.07, 6.45) is 19.2. The molecule has 5 saturated heterocycles. The summed E-state index contributed by atoms with van der Waals surface area (Å²) >= 11 is 0. The molecule has 5 aliphatic rings. The highest BCUT2D eigenvalue weighted by atomic mass is 19.1. The molecule has 15 aromatic rings. The van der Waals surface area contributed by atoms with Gasteiger partial charge in [-0.1, -0.05) is 74.0 Å². The van der Waals surface area contributed by atoms with Gasteiger partial charge in [0.1, 0.15) is 63.7 Å². The third kappa shape index (κ3) is 23.6. The number of carbonyl (C=O) groups is 5. The lowest BCUT2D eigenvalue weighted by Gasteiger charge is -2.35. The quantitative estimate of drug-likeness (QED) is 0.0645. The zero-order valence-electron chi connectivity index (χ0n) is 76.9. The molecule has 0 aliphatic carbocycles. The largest absolute Gasteiger partial charge is 0.497 e. The van der Waals surface area contributed by atoms with Crippen molar-refractivity contribution in [2.24, 2.45) is 0 Å². The van der Waals surface area contributed by atoms with Crippen LogP contribution in [-0.2, 0) is 56.1 Å². The first-order valence-corrected chi connectivity index (χ1v) is 45.5. The van der Waals surface area contributed by atoms with Gasteiger partial charge in [0.15, 0.2) is 28.2 Å². The highest BCUT2D eigenvalue weighted by Gasteiger charge is 2.30. The zero-order chi connectivity index (χ0) is 93.9. The number of methoxy groups -OCH3 is 3. The molecule has 36 heteroatoms. The van der Waals surface area contributed by atoms with E-state index in [1.807, 2.05) is 173 Å². The van der Waals surface area contributed by atoms with Crippen LogP contribution in [0.1, 0.15) is 65.6 Å². The monoisotopic (exact) mass is 1830 g/mol. The third-order valence-electron chi connectivity index (χ3n) is 24.5. The molecule has 0 bridgehead atoms. The van der Waals surface area contributed by atoms with Crippen LogP contribution in [0.4, 0.5) is 37.9 Å². The Hall–Kier alpha value is -15.4. The number of fused-ring (bicyclic) bond motifs is 5. The minimum atomic E-state index is -0.559. The molecule has 15 heterocycles. The van der Waals surface area contributed by atoms with Gasteiger partial charge in [-0.3, -0.25) is 24.0 Å². The van der Waals surface area contributed by atoms with Gasteiger partial charge >= 0.3 is 0 Å². The van der Waals surface area contributed by atoms with Crippen molar-refractivity contribution >= 4 is 86.9 Å². The first-order chi connectivity index (χ1) is 65.7. The Bertz CT molecular complexity index is 6540. The molecule has 0 unspecified atom stereocenters. The molecule has 700 valence electrons. The summed E-state index contributed by atoms with van der Waals surface area (Å²) < 4.78 is 57.4. The number of para-hydroxylation sites is 1. The van der Waals surface area contributed by atoms with Crippen molar-refractivity contribution in [2.45, 2.75) is 65.7 Å². The van der Waals surface area contributed by atoms with Crippen LogP contribution in [0.25, 0.3) is 28.2 Å². The molecule has 135 heavy (non-hydrogen) atoms. The van der Waals surface area contributed by atoms with Crippen molar-refractivity contribution in [3.63, 3.8) is 0 Å². The summed E-state index contributed by atoms with van der Waals surface area (Å²) in [5.41, 5.74) is 10.5. The number of amides is 5. The lowest BCUT2D eigenvalue weighted by Crippen LogP contribution is -2.49. The summed E-state index contributed by atoms with van der Waals surface area (Å²) in [4.78, 5) is 105. The molecule has 5 amide bonds. The minimum absolute atomic E-state index is 0.0876. The number of imidazole rings is 5. The molecule has 0 N–H and O–H groups in total. The number of nitrogens with zero attached hydrogens (tertiary/aromatic N) is 25. The molecule has 0 radical (unpaired) electrons. The molecule has 0 spiro atoms. The molecule has 34 nitrogen and oxygen atoms in total. The van der Waals surface area contributed by atoms with Gasteiger partial charge in [-0.25, -0.2) is 56.3 Å². The van der Waals surface area contributed by atoms with Crippen LogP contribution >= 0.6 is 0 Å². The highest BCUT2D eigenvalue weighted by Crippen LogP contribution is 2.29. The van der Waals surface area contributed by atoms with Gasteiger partial charge in [-0.2, -0.15) is 0 Å². The number of halogens is 2. The third-order valence-corrected chi connectivity index (χ3v) is 24.5. The first kappa shape index (κ1) is 92.9. The Morgan fingerprint density at radius 2 is 0.674 bits per heavy atom. The molecular formula is C99H111F2N25O9. The van der Waals surface area contributed by atoms with Gasteiger partial charge in [-0.15, -0.1) is 25.5 Å². The molecule has 5 aliphatic heterocycles. The Balaban J connectivity index is 0.000000123. The molecule has 0 saturated carbocycles.